The third kappa shape index (κ3) is 3.06. The number of carbonyl (C=O) groups is 2. The van der Waals surface area contributed by atoms with Gasteiger partial charge >= 0.3 is 5.97 Å². The van der Waals surface area contributed by atoms with E-state index in [0.717, 1.165) is 10.0 Å². The predicted octanol–water partition coefficient (Wildman–Crippen LogP) is 1.79. The van der Waals surface area contributed by atoms with Gasteiger partial charge < -0.3 is 10.4 Å². The second-order valence-corrected chi connectivity index (χ2v) is 5.05. The third-order valence-corrected chi connectivity index (χ3v) is 3.29. The molecule has 0 aliphatic heterocycles. The van der Waals surface area contributed by atoms with Gasteiger partial charge in [-0.1, -0.05) is 28.1 Å². The first-order valence-electron chi connectivity index (χ1n) is 5.33. The van der Waals surface area contributed by atoms with Crippen LogP contribution in [0.5, 0.6) is 0 Å². The quantitative estimate of drug-likeness (QED) is 0.890. The standard InChI is InChI=1S/C12H12BrNO3/c13-8-3-1-2-7(4-8)6-14-11(15)9-5-10(9)12(16)17/h1-4,9-10H,5-6H2,(H,14,15)(H,16,17). The van der Waals surface area contributed by atoms with Crippen LogP contribution >= 0.6 is 15.9 Å². The number of carbonyl (C=O) groups excluding carboxylic acids is 1. The number of hydrogen-bond donors (Lipinski definition) is 2. The molecule has 1 aromatic carbocycles. The van der Waals surface area contributed by atoms with Gasteiger partial charge in [0.2, 0.25) is 5.91 Å². The molecule has 0 radical (unpaired) electrons. The van der Waals surface area contributed by atoms with Gasteiger partial charge in [-0.25, -0.2) is 0 Å². The summed E-state index contributed by atoms with van der Waals surface area (Å²) in [6.07, 6.45) is 0.458. The summed E-state index contributed by atoms with van der Waals surface area (Å²) in [5.74, 6) is -1.89. The Morgan fingerprint density at radius 2 is 2.18 bits per heavy atom. The first-order valence-corrected chi connectivity index (χ1v) is 6.12. The molecule has 0 heterocycles. The second kappa shape index (κ2) is 4.87. The smallest absolute Gasteiger partial charge is 0.307 e. The second-order valence-electron chi connectivity index (χ2n) is 4.13. The van der Waals surface area contributed by atoms with E-state index in [9.17, 15) is 9.59 Å². The lowest BCUT2D eigenvalue weighted by atomic mass is 10.2. The van der Waals surface area contributed by atoms with E-state index >= 15 is 0 Å². The molecule has 90 valence electrons. The van der Waals surface area contributed by atoms with Crippen molar-refractivity contribution >= 4 is 27.8 Å². The molecule has 5 heteroatoms. The van der Waals surface area contributed by atoms with Crippen LogP contribution in [-0.4, -0.2) is 17.0 Å². The highest BCUT2D eigenvalue weighted by molar-refractivity contribution is 9.10. The largest absolute Gasteiger partial charge is 0.481 e. The minimum atomic E-state index is -0.882. The maximum absolute atomic E-state index is 11.6. The molecule has 1 aliphatic rings. The average Bonchev–Trinajstić information content (AvgIpc) is 3.06. The lowest BCUT2D eigenvalue weighted by Gasteiger charge is -2.04. The number of amides is 1. The zero-order valence-corrected chi connectivity index (χ0v) is 10.6. The Bertz CT molecular complexity index is 461. The van der Waals surface area contributed by atoms with E-state index < -0.39 is 11.9 Å². The maximum atomic E-state index is 11.6. The van der Waals surface area contributed by atoms with E-state index in [-0.39, 0.29) is 11.8 Å². The van der Waals surface area contributed by atoms with Crippen molar-refractivity contribution in [2.75, 3.05) is 0 Å². The van der Waals surface area contributed by atoms with Crippen molar-refractivity contribution in [1.82, 2.24) is 5.32 Å². The molecule has 2 N–H and O–H groups in total. The lowest BCUT2D eigenvalue weighted by molar-refractivity contribution is -0.140. The normalized spacial score (nSPS) is 21.9. The molecule has 0 aromatic heterocycles. The molecule has 1 amide bonds. The van der Waals surface area contributed by atoms with Gasteiger partial charge in [0.1, 0.15) is 0 Å². The fourth-order valence-corrected chi connectivity index (χ4v) is 2.17. The first-order chi connectivity index (χ1) is 8.08. The van der Waals surface area contributed by atoms with Crippen LogP contribution in [0.3, 0.4) is 0 Å². The fraction of sp³-hybridized carbons (Fsp3) is 0.333. The SMILES string of the molecule is O=C(O)C1CC1C(=O)NCc1cccc(Br)c1. The zero-order chi connectivity index (χ0) is 12.4. The van der Waals surface area contributed by atoms with Crippen molar-refractivity contribution in [3.63, 3.8) is 0 Å². The van der Waals surface area contributed by atoms with Gasteiger partial charge in [0, 0.05) is 11.0 Å². The van der Waals surface area contributed by atoms with Crippen LogP contribution in [0.4, 0.5) is 0 Å². The van der Waals surface area contributed by atoms with Gasteiger partial charge in [-0.3, -0.25) is 9.59 Å². The summed E-state index contributed by atoms with van der Waals surface area (Å²) in [4.78, 5) is 22.2. The molecule has 2 atom stereocenters. The van der Waals surface area contributed by atoms with Gasteiger partial charge in [-0.05, 0) is 24.1 Å². The minimum absolute atomic E-state index is 0.169. The minimum Gasteiger partial charge on any atom is -0.481 e. The Balaban J connectivity index is 1.83. The number of rotatable bonds is 4. The average molecular weight is 298 g/mol. The number of hydrogen-bond acceptors (Lipinski definition) is 2. The van der Waals surface area contributed by atoms with Crippen LogP contribution in [0.1, 0.15) is 12.0 Å². The zero-order valence-electron chi connectivity index (χ0n) is 9.02. The molecule has 0 bridgehead atoms. The van der Waals surface area contributed by atoms with E-state index in [1.165, 1.54) is 0 Å². The van der Waals surface area contributed by atoms with Gasteiger partial charge in [0.15, 0.2) is 0 Å². The first kappa shape index (κ1) is 12.1. The predicted molar refractivity (Wildman–Crippen MR) is 65.2 cm³/mol. The number of carboxylic acid groups (broad SMARTS) is 1. The van der Waals surface area contributed by atoms with Crippen LogP contribution in [0.15, 0.2) is 28.7 Å². The van der Waals surface area contributed by atoms with Crippen LogP contribution in [0, 0.1) is 11.8 Å². The Hall–Kier alpha value is -1.36. The molecule has 1 aromatic rings. The Morgan fingerprint density at radius 3 is 2.76 bits per heavy atom. The molecule has 1 fully saturated rings. The van der Waals surface area contributed by atoms with Crippen molar-refractivity contribution in [2.45, 2.75) is 13.0 Å². The van der Waals surface area contributed by atoms with Crippen LogP contribution < -0.4 is 5.32 Å². The van der Waals surface area contributed by atoms with E-state index in [1.807, 2.05) is 24.3 Å². The fourth-order valence-electron chi connectivity index (χ4n) is 1.72. The van der Waals surface area contributed by atoms with Crippen LogP contribution in [0.2, 0.25) is 0 Å². The number of benzene rings is 1. The lowest BCUT2D eigenvalue weighted by Crippen LogP contribution is -2.25. The Labute approximate surface area is 107 Å². The molecule has 2 rings (SSSR count). The maximum Gasteiger partial charge on any atom is 0.307 e. The van der Waals surface area contributed by atoms with E-state index in [2.05, 4.69) is 21.2 Å². The molecular weight excluding hydrogens is 286 g/mol. The number of carboxylic acids is 1. The Morgan fingerprint density at radius 1 is 1.41 bits per heavy atom. The van der Waals surface area contributed by atoms with E-state index in [1.54, 1.807) is 0 Å². The van der Waals surface area contributed by atoms with Crippen molar-refractivity contribution in [3.8, 4) is 0 Å². The van der Waals surface area contributed by atoms with Crippen molar-refractivity contribution in [3.05, 3.63) is 34.3 Å². The summed E-state index contributed by atoms with van der Waals surface area (Å²) >= 11 is 3.35. The monoisotopic (exact) mass is 297 g/mol. The van der Waals surface area contributed by atoms with Gasteiger partial charge in [-0.2, -0.15) is 0 Å². The van der Waals surface area contributed by atoms with Crippen molar-refractivity contribution < 1.29 is 14.7 Å². The molecule has 1 saturated carbocycles. The molecule has 0 saturated heterocycles. The summed E-state index contributed by atoms with van der Waals surface area (Å²) in [6.45, 7) is 0.432. The molecule has 17 heavy (non-hydrogen) atoms. The number of aliphatic carboxylic acids is 1. The van der Waals surface area contributed by atoms with Crippen molar-refractivity contribution in [1.29, 1.82) is 0 Å². The van der Waals surface area contributed by atoms with Gasteiger partial charge in [-0.15, -0.1) is 0 Å². The van der Waals surface area contributed by atoms with Gasteiger partial charge in [0.05, 0.1) is 11.8 Å². The molecule has 4 nitrogen and oxygen atoms in total. The molecule has 0 spiro atoms. The summed E-state index contributed by atoms with van der Waals surface area (Å²) < 4.78 is 0.957. The summed E-state index contributed by atoms with van der Waals surface area (Å²) in [5.41, 5.74) is 0.986. The highest BCUT2D eigenvalue weighted by Gasteiger charge is 2.48. The topological polar surface area (TPSA) is 66.4 Å². The number of nitrogens with one attached hydrogen (secondary N) is 1. The Kier molecular flexibility index (Phi) is 3.47. The van der Waals surface area contributed by atoms with Crippen LogP contribution in [0.25, 0.3) is 0 Å². The highest BCUT2D eigenvalue weighted by Crippen LogP contribution is 2.38. The molecular formula is C12H12BrNO3. The van der Waals surface area contributed by atoms with Gasteiger partial charge in [0.25, 0.3) is 0 Å². The van der Waals surface area contributed by atoms with E-state index in [4.69, 9.17) is 5.11 Å². The van der Waals surface area contributed by atoms with E-state index in [0.29, 0.717) is 13.0 Å². The highest BCUT2D eigenvalue weighted by atomic mass is 79.9. The summed E-state index contributed by atoms with van der Waals surface area (Å²) in [7, 11) is 0. The molecule has 1 aliphatic carbocycles. The molecule has 2 unspecified atom stereocenters. The van der Waals surface area contributed by atoms with Crippen molar-refractivity contribution in [2.24, 2.45) is 11.8 Å². The summed E-state index contributed by atoms with van der Waals surface area (Å²) in [6, 6.07) is 7.63. The third-order valence-electron chi connectivity index (χ3n) is 2.80. The van der Waals surface area contributed by atoms with Crippen LogP contribution in [-0.2, 0) is 16.1 Å². The number of halogens is 1. The summed E-state index contributed by atoms with van der Waals surface area (Å²) in [5, 5.41) is 11.5.